The molecule has 0 saturated carbocycles. The molecule has 0 unspecified atom stereocenters. The summed E-state index contributed by atoms with van der Waals surface area (Å²) in [4.78, 5) is 8.87. The van der Waals surface area contributed by atoms with Crippen molar-refractivity contribution in [2.24, 2.45) is 4.99 Å². The summed E-state index contributed by atoms with van der Waals surface area (Å²) in [5, 5.41) is 8.93. The first-order valence-electron chi connectivity index (χ1n) is 6.87. The predicted molar refractivity (Wildman–Crippen MR) is 88.7 cm³/mol. The van der Waals surface area contributed by atoms with Gasteiger partial charge in [0.1, 0.15) is 6.61 Å². The molecule has 2 aromatic rings. The van der Waals surface area contributed by atoms with E-state index >= 15 is 0 Å². The fourth-order valence-corrected chi connectivity index (χ4v) is 2.89. The van der Waals surface area contributed by atoms with Crippen LogP contribution in [-0.4, -0.2) is 23.0 Å². The van der Waals surface area contributed by atoms with Gasteiger partial charge in [-0.3, -0.25) is 4.98 Å². The van der Waals surface area contributed by atoms with Crippen molar-refractivity contribution in [2.45, 2.75) is 19.4 Å². The first kappa shape index (κ1) is 14.7. The summed E-state index contributed by atoms with van der Waals surface area (Å²) < 4.78 is 6.62. The molecule has 0 fully saturated rings. The van der Waals surface area contributed by atoms with Crippen LogP contribution in [0, 0.1) is 11.3 Å². The van der Waals surface area contributed by atoms with E-state index in [1.165, 1.54) is 0 Å². The highest BCUT2D eigenvalue weighted by Crippen LogP contribution is 2.33. The quantitative estimate of drug-likeness (QED) is 0.819. The van der Waals surface area contributed by atoms with Crippen LogP contribution in [-0.2, 0) is 4.74 Å². The SMILES string of the molecule is CC1(C)COC(c2cncc(Br)c2-c2ccc(C#N)cc2)=N1. The van der Waals surface area contributed by atoms with Gasteiger partial charge in [0.15, 0.2) is 0 Å². The van der Waals surface area contributed by atoms with Crippen molar-refractivity contribution in [1.29, 1.82) is 5.26 Å². The van der Waals surface area contributed by atoms with Crippen molar-refractivity contribution >= 4 is 21.8 Å². The average molecular weight is 356 g/mol. The molecule has 1 aliphatic heterocycles. The van der Waals surface area contributed by atoms with Crippen molar-refractivity contribution in [3.63, 3.8) is 0 Å². The lowest BCUT2D eigenvalue weighted by Gasteiger charge is -2.11. The molecule has 0 radical (unpaired) electrons. The van der Waals surface area contributed by atoms with Gasteiger partial charge in [0.2, 0.25) is 5.90 Å². The molecule has 0 aliphatic carbocycles. The van der Waals surface area contributed by atoms with Crippen LogP contribution in [0.2, 0.25) is 0 Å². The molecule has 5 heteroatoms. The van der Waals surface area contributed by atoms with Gasteiger partial charge in [-0.1, -0.05) is 12.1 Å². The summed E-state index contributed by atoms with van der Waals surface area (Å²) in [6.07, 6.45) is 3.51. The largest absolute Gasteiger partial charge is 0.475 e. The standard InChI is InChI=1S/C17H14BrN3O/c1-17(2)10-22-16(21-17)13-8-20-9-14(18)15(13)12-5-3-11(7-19)4-6-12/h3-6,8-9H,10H2,1-2H3. The Balaban J connectivity index is 2.13. The van der Waals surface area contributed by atoms with Gasteiger partial charge in [-0.25, -0.2) is 4.99 Å². The third kappa shape index (κ3) is 2.75. The van der Waals surface area contributed by atoms with Crippen molar-refractivity contribution in [3.8, 4) is 17.2 Å². The highest BCUT2D eigenvalue weighted by atomic mass is 79.9. The number of rotatable bonds is 2. The number of aliphatic imine (C=N–C) groups is 1. The Kier molecular flexibility index (Phi) is 3.71. The van der Waals surface area contributed by atoms with Gasteiger partial charge < -0.3 is 4.74 Å². The zero-order valence-corrected chi connectivity index (χ0v) is 13.9. The number of ether oxygens (including phenoxy) is 1. The minimum atomic E-state index is -0.223. The minimum absolute atomic E-state index is 0.223. The molecule has 0 amide bonds. The summed E-state index contributed by atoms with van der Waals surface area (Å²) in [6.45, 7) is 4.63. The Labute approximate surface area is 137 Å². The summed E-state index contributed by atoms with van der Waals surface area (Å²) >= 11 is 3.56. The van der Waals surface area contributed by atoms with Crippen LogP contribution in [0.1, 0.15) is 25.0 Å². The molecule has 0 saturated heterocycles. The molecule has 2 heterocycles. The summed E-state index contributed by atoms with van der Waals surface area (Å²) in [5.74, 6) is 0.609. The van der Waals surface area contributed by atoms with Crippen molar-refractivity contribution < 1.29 is 4.74 Å². The number of benzene rings is 1. The van der Waals surface area contributed by atoms with E-state index in [4.69, 9.17) is 10.00 Å². The molecule has 1 aromatic heterocycles. The highest BCUT2D eigenvalue weighted by molar-refractivity contribution is 9.10. The molecule has 4 nitrogen and oxygen atoms in total. The zero-order valence-electron chi connectivity index (χ0n) is 12.3. The molecule has 22 heavy (non-hydrogen) atoms. The second-order valence-electron chi connectivity index (χ2n) is 5.75. The van der Waals surface area contributed by atoms with Crippen LogP contribution >= 0.6 is 15.9 Å². The van der Waals surface area contributed by atoms with E-state index in [9.17, 15) is 0 Å². The first-order valence-corrected chi connectivity index (χ1v) is 7.66. The maximum Gasteiger partial charge on any atom is 0.219 e. The van der Waals surface area contributed by atoms with Gasteiger partial charge in [-0.2, -0.15) is 5.26 Å². The topological polar surface area (TPSA) is 58.3 Å². The van der Waals surface area contributed by atoms with E-state index in [0.29, 0.717) is 18.1 Å². The number of pyridine rings is 1. The first-order chi connectivity index (χ1) is 10.5. The number of halogens is 1. The Bertz CT molecular complexity index is 789. The number of nitriles is 1. The Morgan fingerprint density at radius 3 is 2.55 bits per heavy atom. The maximum absolute atomic E-state index is 8.93. The van der Waals surface area contributed by atoms with E-state index in [2.05, 4.69) is 32.0 Å². The van der Waals surface area contributed by atoms with Crippen LogP contribution < -0.4 is 0 Å². The molecular weight excluding hydrogens is 342 g/mol. The molecule has 110 valence electrons. The van der Waals surface area contributed by atoms with Crippen LogP contribution in [0.15, 0.2) is 46.1 Å². The van der Waals surface area contributed by atoms with E-state index < -0.39 is 0 Å². The molecule has 0 bridgehead atoms. The zero-order chi connectivity index (χ0) is 15.7. The minimum Gasteiger partial charge on any atom is -0.475 e. The van der Waals surface area contributed by atoms with E-state index in [1.54, 1.807) is 24.5 Å². The third-order valence-corrected chi connectivity index (χ3v) is 4.00. The van der Waals surface area contributed by atoms with Crippen molar-refractivity contribution in [2.75, 3.05) is 6.61 Å². The van der Waals surface area contributed by atoms with Crippen molar-refractivity contribution in [3.05, 3.63) is 52.3 Å². The molecule has 0 spiro atoms. The molecule has 1 aliphatic rings. The van der Waals surface area contributed by atoms with Crippen molar-refractivity contribution in [1.82, 2.24) is 4.98 Å². The van der Waals surface area contributed by atoms with Gasteiger partial charge in [0.25, 0.3) is 0 Å². The second-order valence-corrected chi connectivity index (χ2v) is 6.61. The van der Waals surface area contributed by atoms with Gasteiger partial charge in [0, 0.05) is 22.4 Å². The lowest BCUT2D eigenvalue weighted by molar-refractivity contribution is 0.279. The van der Waals surface area contributed by atoms with Gasteiger partial charge in [0.05, 0.1) is 22.7 Å². The monoisotopic (exact) mass is 355 g/mol. The highest BCUT2D eigenvalue weighted by Gasteiger charge is 2.29. The third-order valence-electron chi connectivity index (χ3n) is 3.40. The molecule has 0 N–H and O–H groups in total. The van der Waals surface area contributed by atoms with Gasteiger partial charge in [-0.15, -0.1) is 0 Å². The van der Waals surface area contributed by atoms with Gasteiger partial charge in [-0.05, 0) is 47.5 Å². The van der Waals surface area contributed by atoms with Crippen LogP contribution in [0.25, 0.3) is 11.1 Å². The van der Waals surface area contributed by atoms with Gasteiger partial charge >= 0.3 is 0 Å². The predicted octanol–water partition coefficient (Wildman–Crippen LogP) is 3.94. The molecule has 3 rings (SSSR count). The maximum atomic E-state index is 8.93. The lowest BCUT2D eigenvalue weighted by Crippen LogP contribution is -2.17. The normalized spacial score (nSPS) is 15.8. The molecule has 1 aromatic carbocycles. The summed E-state index contributed by atoms with van der Waals surface area (Å²) in [5.41, 5.74) is 3.21. The van der Waals surface area contributed by atoms with Crippen LogP contribution in [0.5, 0.6) is 0 Å². The summed E-state index contributed by atoms with van der Waals surface area (Å²) in [6, 6.07) is 9.56. The van der Waals surface area contributed by atoms with Crippen LogP contribution in [0.4, 0.5) is 0 Å². The Morgan fingerprint density at radius 1 is 1.23 bits per heavy atom. The summed E-state index contributed by atoms with van der Waals surface area (Å²) in [7, 11) is 0. The fraction of sp³-hybridized carbons (Fsp3) is 0.235. The second kappa shape index (κ2) is 5.54. The molecular formula is C17H14BrN3O. The average Bonchev–Trinajstić information content (AvgIpc) is 2.87. The number of aromatic nitrogens is 1. The van der Waals surface area contributed by atoms with E-state index in [0.717, 1.165) is 21.2 Å². The lowest BCUT2D eigenvalue weighted by atomic mass is 10.0. The smallest absolute Gasteiger partial charge is 0.219 e. The number of hydrogen-bond acceptors (Lipinski definition) is 4. The van der Waals surface area contributed by atoms with Crippen LogP contribution in [0.3, 0.4) is 0 Å². The van der Waals surface area contributed by atoms with E-state index in [1.807, 2.05) is 26.0 Å². The number of nitrogens with zero attached hydrogens (tertiary/aromatic N) is 3. The van der Waals surface area contributed by atoms with E-state index in [-0.39, 0.29) is 5.54 Å². The molecule has 0 atom stereocenters. The fourth-order valence-electron chi connectivity index (χ4n) is 2.32. The Morgan fingerprint density at radius 2 is 1.95 bits per heavy atom. The number of hydrogen-bond donors (Lipinski definition) is 0. The Hall–Kier alpha value is -2.19.